The van der Waals surface area contributed by atoms with Crippen LogP contribution in [0.1, 0.15) is 26.2 Å². The molecule has 0 amide bonds. The van der Waals surface area contributed by atoms with Crippen molar-refractivity contribution in [2.75, 3.05) is 6.61 Å². The van der Waals surface area contributed by atoms with E-state index in [9.17, 15) is 4.79 Å². The molecule has 0 N–H and O–H groups in total. The van der Waals surface area contributed by atoms with Gasteiger partial charge in [-0.2, -0.15) is 0 Å². The maximum Gasteiger partial charge on any atom is 0.293 e. The molecule has 48 valence electrons. The van der Waals surface area contributed by atoms with Gasteiger partial charge < -0.3 is 4.74 Å². The van der Waals surface area contributed by atoms with Crippen LogP contribution in [0, 0.1) is 0 Å². The topological polar surface area (TPSA) is 26.3 Å². The van der Waals surface area contributed by atoms with Crippen molar-refractivity contribution in [1.82, 2.24) is 0 Å². The maximum atomic E-state index is 9.55. The number of carbonyl (C=O) groups excluding carboxylic acids is 1. The molecule has 0 aromatic rings. The van der Waals surface area contributed by atoms with E-state index in [1.165, 1.54) is 6.42 Å². The van der Waals surface area contributed by atoms with Crippen LogP contribution < -0.4 is 0 Å². The average molecular weight is 116 g/mol. The highest BCUT2D eigenvalue weighted by atomic mass is 16.5. The third-order valence-electron chi connectivity index (χ3n) is 0.934. The highest BCUT2D eigenvalue weighted by molar-refractivity contribution is 5.36. The van der Waals surface area contributed by atoms with Crippen molar-refractivity contribution < 1.29 is 9.53 Å². The molecular formula is C6H12O2. The Morgan fingerprint density at radius 1 is 1.50 bits per heavy atom. The van der Waals surface area contributed by atoms with Gasteiger partial charge in [-0.3, -0.25) is 4.79 Å². The lowest BCUT2D eigenvalue weighted by Crippen LogP contribution is -1.89. The predicted octanol–water partition coefficient (Wildman–Crippen LogP) is 1.35. The van der Waals surface area contributed by atoms with E-state index in [4.69, 9.17) is 0 Å². The van der Waals surface area contributed by atoms with E-state index >= 15 is 0 Å². The van der Waals surface area contributed by atoms with Gasteiger partial charge in [-0.1, -0.05) is 19.8 Å². The lowest BCUT2D eigenvalue weighted by molar-refractivity contribution is -0.128. The molecule has 0 fully saturated rings. The first-order chi connectivity index (χ1) is 3.91. The fourth-order valence-corrected chi connectivity index (χ4v) is 0.484. The zero-order chi connectivity index (χ0) is 6.24. The van der Waals surface area contributed by atoms with Gasteiger partial charge in [-0.05, 0) is 6.42 Å². The second kappa shape index (κ2) is 6.47. The molecule has 0 bridgehead atoms. The van der Waals surface area contributed by atoms with Crippen molar-refractivity contribution in [1.29, 1.82) is 0 Å². The molecule has 0 aromatic heterocycles. The molecule has 0 heterocycles. The van der Waals surface area contributed by atoms with Crippen molar-refractivity contribution >= 4 is 6.47 Å². The molecule has 0 saturated carbocycles. The minimum absolute atomic E-state index is 0.496. The van der Waals surface area contributed by atoms with Gasteiger partial charge in [-0.15, -0.1) is 0 Å². The number of rotatable bonds is 5. The highest BCUT2D eigenvalue weighted by Gasteiger charge is 1.82. The van der Waals surface area contributed by atoms with Crippen LogP contribution in [0.5, 0.6) is 0 Å². The van der Waals surface area contributed by atoms with Gasteiger partial charge in [0, 0.05) is 0 Å². The summed E-state index contributed by atoms with van der Waals surface area (Å²) in [6.45, 7) is 3.19. The lowest BCUT2D eigenvalue weighted by atomic mass is 10.3. The van der Waals surface area contributed by atoms with E-state index in [1.54, 1.807) is 0 Å². The zero-order valence-corrected chi connectivity index (χ0v) is 5.22. The molecule has 2 nitrogen and oxygen atoms in total. The summed E-state index contributed by atoms with van der Waals surface area (Å²) in [6, 6.07) is 0. The molecule has 8 heavy (non-hydrogen) atoms. The van der Waals surface area contributed by atoms with Crippen LogP contribution in [0.15, 0.2) is 0 Å². The van der Waals surface area contributed by atoms with E-state index in [0.717, 1.165) is 12.8 Å². The second-order valence-electron chi connectivity index (χ2n) is 1.67. The molecule has 0 saturated heterocycles. The summed E-state index contributed by atoms with van der Waals surface area (Å²) in [6.07, 6.45) is 3.31. The number of unbranched alkanes of at least 4 members (excludes halogenated alkanes) is 2. The van der Waals surface area contributed by atoms with Crippen LogP contribution in [0.4, 0.5) is 0 Å². The minimum atomic E-state index is 0.496. The highest BCUT2D eigenvalue weighted by Crippen LogP contribution is 1.91. The smallest absolute Gasteiger partial charge is 0.293 e. The Morgan fingerprint density at radius 3 is 2.75 bits per heavy atom. The molecule has 0 aliphatic carbocycles. The van der Waals surface area contributed by atoms with Crippen LogP contribution in [0.25, 0.3) is 0 Å². The summed E-state index contributed by atoms with van der Waals surface area (Å²) in [7, 11) is 0. The second-order valence-corrected chi connectivity index (χ2v) is 1.67. The van der Waals surface area contributed by atoms with Gasteiger partial charge in [-0.25, -0.2) is 0 Å². The van der Waals surface area contributed by atoms with Gasteiger partial charge in [0.05, 0.1) is 6.61 Å². The summed E-state index contributed by atoms with van der Waals surface area (Å²) in [5.74, 6) is 0. The molecular weight excluding hydrogens is 104 g/mol. The summed E-state index contributed by atoms with van der Waals surface area (Å²) < 4.78 is 4.46. The first kappa shape index (κ1) is 7.47. The number of hydrogen-bond acceptors (Lipinski definition) is 2. The summed E-state index contributed by atoms with van der Waals surface area (Å²) in [4.78, 5) is 9.55. The molecule has 2 heteroatoms. The number of ether oxygens (including phenoxy) is 1. The molecule has 0 aromatic carbocycles. The molecule has 0 aliphatic rings. The normalized spacial score (nSPS) is 8.62. The monoisotopic (exact) mass is 116 g/mol. The number of hydrogen-bond donors (Lipinski definition) is 0. The number of carbonyl (C=O) groups is 1. The van der Waals surface area contributed by atoms with E-state index in [0.29, 0.717) is 13.1 Å². The van der Waals surface area contributed by atoms with E-state index in [1.807, 2.05) is 0 Å². The van der Waals surface area contributed by atoms with Crippen molar-refractivity contribution in [2.24, 2.45) is 0 Å². The van der Waals surface area contributed by atoms with Gasteiger partial charge >= 0.3 is 0 Å². The predicted molar refractivity (Wildman–Crippen MR) is 31.5 cm³/mol. The maximum absolute atomic E-state index is 9.55. The van der Waals surface area contributed by atoms with Crippen molar-refractivity contribution in [3.8, 4) is 0 Å². The third kappa shape index (κ3) is 5.47. The van der Waals surface area contributed by atoms with Crippen molar-refractivity contribution in [2.45, 2.75) is 26.2 Å². The minimum Gasteiger partial charge on any atom is -0.468 e. The van der Waals surface area contributed by atoms with Gasteiger partial charge in [0.15, 0.2) is 0 Å². The average Bonchev–Trinajstić information content (AvgIpc) is 1.81. The Morgan fingerprint density at radius 2 is 2.25 bits per heavy atom. The fourth-order valence-electron chi connectivity index (χ4n) is 0.484. The van der Waals surface area contributed by atoms with Crippen LogP contribution >= 0.6 is 0 Å². The standard InChI is InChI=1S/C6H12O2/c1-2-3-4-5-8-6-7/h6H,2-5H2,1H3. The van der Waals surface area contributed by atoms with Crippen molar-refractivity contribution in [3.63, 3.8) is 0 Å². The summed E-state index contributed by atoms with van der Waals surface area (Å²) in [5, 5.41) is 0. The first-order valence-electron chi connectivity index (χ1n) is 2.97. The molecule has 0 rings (SSSR count). The Labute approximate surface area is 49.8 Å². The SMILES string of the molecule is CCCCCOC=O. The Hall–Kier alpha value is -0.530. The van der Waals surface area contributed by atoms with Gasteiger partial charge in [0.1, 0.15) is 0 Å². The van der Waals surface area contributed by atoms with Crippen molar-refractivity contribution in [3.05, 3.63) is 0 Å². The van der Waals surface area contributed by atoms with Crippen LogP contribution in [0.3, 0.4) is 0 Å². The molecule has 0 atom stereocenters. The largest absolute Gasteiger partial charge is 0.468 e. The van der Waals surface area contributed by atoms with E-state index < -0.39 is 0 Å². The quantitative estimate of drug-likeness (QED) is 0.400. The molecule has 0 radical (unpaired) electrons. The zero-order valence-electron chi connectivity index (χ0n) is 5.22. The molecule has 0 unspecified atom stereocenters. The molecule has 0 spiro atoms. The van der Waals surface area contributed by atoms with E-state index in [-0.39, 0.29) is 0 Å². The van der Waals surface area contributed by atoms with Crippen LogP contribution in [-0.2, 0) is 9.53 Å². The van der Waals surface area contributed by atoms with Gasteiger partial charge in [0.25, 0.3) is 6.47 Å². The first-order valence-corrected chi connectivity index (χ1v) is 2.97. The third-order valence-corrected chi connectivity index (χ3v) is 0.934. The Balaban J connectivity index is 2.62. The van der Waals surface area contributed by atoms with E-state index in [2.05, 4.69) is 11.7 Å². The van der Waals surface area contributed by atoms with Crippen LogP contribution in [0.2, 0.25) is 0 Å². The Bertz CT molecular complexity index is 52.5. The fraction of sp³-hybridized carbons (Fsp3) is 0.833. The summed E-state index contributed by atoms with van der Waals surface area (Å²) >= 11 is 0. The summed E-state index contributed by atoms with van der Waals surface area (Å²) in [5.41, 5.74) is 0. The van der Waals surface area contributed by atoms with Gasteiger partial charge in [0.2, 0.25) is 0 Å². The molecule has 0 aliphatic heterocycles. The Kier molecular flexibility index (Phi) is 6.04. The lowest BCUT2D eigenvalue weighted by Gasteiger charge is -1.93. The van der Waals surface area contributed by atoms with Crippen LogP contribution in [-0.4, -0.2) is 13.1 Å².